The number of halogens is 1. The van der Waals surface area contributed by atoms with E-state index < -0.39 is 11.9 Å². The van der Waals surface area contributed by atoms with E-state index in [2.05, 4.69) is 47.0 Å². The number of carbonyl (C=O) groups is 5. The number of nitrogens with zero attached hydrogens (tertiary/aromatic N) is 2. The minimum absolute atomic E-state index is 0.0383. The Kier molecular flexibility index (Phi) is 19.1. The molecule has 15 heteroatoms. The Hall–Kier alpha value is -5.90. The van der Waals surface area contributed by atoms with Crippen LogP contribution in [0.2, 0.25) is 0 Å². The first-order chi connectivity index (χ1) is 31.7. The van der Waals surface area contributed by atoms with Crippen LogP contribution < -0.4 is 15.4 Å². The molecule has 2 heterocycles. The topological polar surface area (TPSA) is 162 Å². The summed E-state index contributed by atoms with van der Waals surface area (Å²) in [5.41, 5.74) is 7.20. The number of hydrogen-bond acceptors (Lipinski definition) is 10. The number of ether oxygens (including phenoxy) is 5. The highest BCUT2D eigenvalue weighted by molar-refractivity contribution is 6.18. The number of likely N-dealkylation sites (N-methyl/N-ethyl adjacent to an activating group) is 1. The highest BCUT2D eigenvalue weighted by Gasteiger charge is 2.40. The summed E-state index contributed by atoms with van der Waals surface area (Å²) in [7, 11) is 1.75. The summed E-state index contributed by atoms with van der Waals surface area (Å²) in [6.07, 6.45) is 1.50. The molecule has 344 valence electrons. The zero-order chi connectivity index (χ0) is 45.8. The van der Waals surface area contributed by atoms with Gasteiger partial charge in [-0.15, -0.1) is 11.6 Å². The molecular formula is C50H57ClN4O10. The quantitative estimate of drug-likeness (QED) is 0.0314. The summed E-state index contributed by atoms with van der Waals surface area (Å²) in [5, 5.41) is 5.14. The van der Waals surface area contributed by atoms with E-state index in [9.17, 15) is 24.0 Å². The third-order valence-electron chi connectivity index (χ3n) is 11.0. The Bertz CT molecular complexity index is 2240. The number of carbonyl (C=O) groups excluding carboxylic acids is 5. The molecule has 0 spiro atoms. The molecule has 1 saturated heterocycles. The highest BCUT2D eigenvalue weighted by atomic mass is 35.5. The van der Waals surface area contributed by atoms with Gasteiger partial charge in [-0.2, -0.15) is 0 Å². The van der Waals surface area contributed by atoms with Crippen LogP contribution in [0.15, 0.2) is 103 Å². The van der Waals surface area contributed by atoms with Crippen molar-refractivity contribution in [3.63, 3.8) is 0 Å². The Labute approximate surface area is 385 Å². The minimum atomic E-state index is -0.731. The number of nitrogens with one attached hydrogen (secondary N) is 2. The third kappa shape index (κ3) is 14.3. The molecule has 1 atom stereocenters. The predicted molar refractivity (Wildman–Crippen MR) is 247 cm³/mol. The van der Waals surface area contributed by atoms with Gasteiger partial charge in [0.25, 0.3) is 5.91 Å². The maximum absolute atomic E-state index is 13.0. The molecular weight excluding hydrogens is 852 g/mol. The molecule has 1 fully saturated rings. The Morgan fingerprint density at radius 1 is 0.708 bits per heavy atom. The van der Waals surface area contributed by atoms with Gasteiger partial charge in [0.1, 0.15) is 18.4 Å². The SMILES string of the molecule is CN(CCOc1ccc(/C(=C(/CCCl)c2ccccc2)c2ccccc2)cc1)C(=O)CCOCCOCCOCCOCCC(=O)Nc1cccc2c1CN(C1CCC(=O)NC1=O)C2=O. The fourth-order valence-electron chi connectivity index (χ4n) is 7.60. The van der Waals surface area contributed by atoms with Crippen molar-refractivity contribution in [1.29, 1.82) is 0 Å². The maximum atomic E-state index is 13.0. The fraction of sp³-hybridized carbons (Fsp3) is 0.380. The van der Waals surface area contributed by atoms with Gasteiger partial charge in [0, 0.05) is 42.7 Å². The molecule has 2 aliphatic rings. The monoisotopic (exact) mass is 908 g/mol. The third-order valence-corrected chi connectivity index (χ3v) is 11.2. The van der Waals surface area contributed by atoms with Crippen LogP contribution in [0.5, 0.6) is 5.75 Å². The number of alkyl halides is 1. The molecule has 0 radical (unpaired) electrons. The van der Waals surface area contributed by atoms with Gasteiger partial charge < -0.3 is 38.8 Å². The molecule has 0 aromatic heterocycles. The fourth-order valence-corrected chi connectivity index (χ4v) is 7.79. The van der Waals surface area contributed by atoms with Gasteiger partial charge >= 0.3 is 0 Å². The normalized spacial score (nSPS) is 15.0. The summed E-state index contributed by atoms with van der Waals surface area (Å²) in [4.78, 5) is 65.3. The van der Waals surface area contributed by atoms with E-state index in [0.29, 0.717) is 75.5 Å². The molecule has 0 aliphatic carbocycles. The van der Waals surface area contributed by atoms with Gasteiger partial charge in [-0.1, -0.05) is 78.9 Å². The van der Waals surface area contributed by atoms with Gasteiger partial charge in [0.05, 0.1) is 72.2 Å². The zero-order valence-electron chi connectivity index (χ0n) is 36.8. The van der Waals surface area contributed by atoms with Crippen LogP contribution in [-0.4, -0.2) is 124 Å². The van der Waals surface area contributed by atoms with Crippen molar-refractivity contribution in [2.45, 2.75) is 44.7 Å². The van der Waals surface area contributed by atoms with Crippen molar-refractivity contribution in [2.75, 3.05) is 84.3 Å². The average Bonchev–Trinajstić information content (AvgIpc) is 3.66. The predicted octanol–water partition coefficient (Wildman–Crippen LogP) is 6.36. The van der Waals surface area contributed by atoms with Crippen LogP contribution in [0.1, 0.15) is 64.7 Å². The van der Waals surface area contributed by atoms with Gasteiger partial charge in [-0.25, -0.2) is 0 Å². The van der Waals surface area contributed by atoms with Crippen molar-refractivity contribution in [2.24, 2.45) is 0 Å². The van der Waals surface area contributed by atoms with Crippen LogP contribution in [0, 0.1) is 0 Å². The highest BCUT2D eigenvalue weighted by Crippen LogP contribution is 2.36. The smallest absolute Gasteiger partial charge is 0.255 e. The molecule has 0 saturated carbocycles. The molecule has 65 heavy (non-hydrogen) atoms. The molecule has 4 aromatic rings. The Morgan fingerprint density at radius 3 is 1.94 bits per heavy atom. The van der Waals surface area contributed by atoms with E-state index in [0.717, 1.165) is 34.4 Å². The second-order valence-electron chi connectivity index (χ2n) is 15.4. The summed E-state index contributed by atoms with van der Waals surface area (Å²) < 4.78 is 28.2. The van der Waals surface area contributed by atoms with Gasteiger partial charge in [0.15, 0.2) is 0 Å². The lowest BCUT2D eigenvalue weighted by molar-refractivity contribution is -0.137. The number of fused-ring (bicyclic) bond motifs is 1. The van der Waals surface area contributed by atoms with Crippen LogP contribution in [0.4, 0.5) is 5.69 Å². The van der Waals surface area contributed by atoms with Gasteiger partial charge in [0.2, 0.25) is 23.6 Å². The van der Waals surface area contributed by atoms with Gasteiger partial charge in [-0.05, 0) is 64.9 Å². The standard InChI is InChI=1S/C50H57ClN4O10/c1-54(25-28-65-39-17-15-38(16-18-39)48(37-11-6-3-7-12-37)40(21-24-51)36-9-4-2-5-10-36)47(58)23-27-62-30-32-64-34-33-63-31-29-61-26-22-46(57)52-43-14-8-13-41-42(43)35-55(50(41)60)44-19-20-45(56)53-49(44)59/h2-18,44H,19-35H2,1H3,(H,52,57)(H,53,56,59)/b48-40-. The van der Waals surface area contributed by atoms with Crippen LogP contribution in [0.3, 0.4) is 0 Å². The number of hydrogen-bond donors (Lipinski definition) is 2. The van der Waals surface area contributed by atoms with Crippen LogP contribution in [0.25, 0.3) is 11.1 Å². The van der Waals surface area contributed by atoms with E-state index >= 15 is 0 Å². The molecule has 1 unspecified atom stereocenters. The zero-order valence-corrected chi connectivity index (χ0v) is 37.5. The van der Waals surface area contributed by atoms with E-state index in [1.54, 1.807) is 30.1 Å². The largest absolute Gasteiger partial charge is 0.492 e. The number of amides is 5. The first kappa shape index (κ1) is 48.6. The van der Waals surface area contributed by atoms with E-state index in [1.807, 2.05) is 48.5 Å². The molecule has 4 aromatic carbocycles. The summed E-state index contributed by atoms with van der Waals surface area (Å²) >= 11 is 6.30. The molecule has 5 amide bonds. The second kappa shape index (κ2) is 25.6. The molecule has 2 N–H and O–H groups in total. The lowest BCUT2D eigenvalue weighted by Gasteiger charge is -2.29. The van der Waals surface area contributed by atoms with Crippen molar-refractivity contribution >= 4 is 58.0 Å². The van der Waals surface area contributed by atoms with E-state index in [1.165, 1.54) is 10.5 Å². The van der Waals surface area contributed by atoms with Crippen molar-refractivity contribution < 1.29 is 47.7 Å². The summed E-state index contributed by atoms with van der Waals surface area (Å²) in [6, 6.07) is 33.0. The first-order valence-corrected chi connectivity index (χ1v) is 22.5. The maximum Gasteiger partial charge on any atom is 0.255 e. The molecule has 0 bridgehead atoms. The van der Waals surface area contributed by atoms with E-state index in [4.69, 9.17) is 35.3 Å². The number of piperidine rings is 1. The lowest BCUT2D eigenvalue weighted by atomic mass is 9.88. The van der Waals surface area contributed by atoms with Crippen molar-refractivity contribution in [1.82, 2.24) is 15.1 Å². The lowest BCUT2D eigenvalue weighted by Crippen LogP contribution is -2.52. The van der Waals surface area contributed by atoms with Crippen molar-refractivity contribution in [3.8, 4) is 5.75 Å². The summed E-state index contributed by atoms with van der Waals surface area (Å²) in [6.45, 7) is 3.49. The van der Waals surface area contributed by atoms with Gasteiger partial charge in [-0.3, -0.25) is 29.3 Å². The number of rotatable bonds is 26. The Morgan fingerprint density at radius 2 is 1.31 bits per heavy atom. The molecule has 6 rings (SSSR count). The Balaban J connectivity index is 0.775. The van der Waals surface area contributed by atoms with E-state index in [-0.39, 0.29) is 69.1 Å². The first-order valence-electron chi connectivity index (χ1n) is 22.0. The molecule has 2 aliphatic heterocycles. The average molecular weight is 909 g/mol. The van der Waals surface area contributed by atoms with Crippen LogP contribution >= 0.6 is 11.6 Å². The number of benzene rings is 4. The minimum Gasteiger partial charge on any atom is -0.492 e. The summed E-state index contributed by atoms with van der Waals surface area (Å²) in [5.74, 6) is -0.225. The number of anilines is 1. The second-order valence-corrected chi connectivity index (χ2v) is 15.8. The number of imide groups is 1. The number of allylic oxidation sites excluding steroid dienone is 1. The van der Waals surface area contributed by atoms with Crippen molar-refractivity contribution in [3.05, 3.63) is 131 Å². The van der Waals surface area contributed by atoms with Crippen LogP contribution in [-0.2, 0) is 44.7 Å². The molecule has 14 nitrogen and oxygen atoms in total.